The van der Waals surface area contributed by atoms with E-state index in [0.717, 1.165) is 0 Å². The van der Waals surface area contributed by atoms with Crippen LogP contribution in [0.3, 0.4) is 0 Å². The van der Waals surface area contributed by atoms with Crippen LogP contribution in [0.15, 0.2) is 18.7 Å². The van der Waals surface area contributed by atoms with E-state index in [2.05, 4.69) is 0 Å². The molecule has 0 aromatic carbocycles. The molecule has 1 aromatic heterocycles. The van der Waals surface area contributed by atoms with Crippen LogP contribution >= 0.6 is 0 Å². The van der Waals surface area contributed by atoms with Crippen LogP contribution in [0.5, 0.6) is 0 Å². The molecule has 0 atom stereocenters. The Morgan fingerprint density at radius 1 is 1.50 bits per heavy atom. The average molecular weight is 133 g/mol. The number of halogens is 1. The number of rotatable bonds is 0. The third kappa shape index (κ3) is 1.54. The van der Waals surface area contributed by atoms with E-state index in [1.807, 2.05) is 42.0 Å². The van der Waals surface area contributed by atoms with E-state index >= 15 is 0 Å². The van der Waals surface area contributed by atoms with Gasteiger partial charge in [-0.3, -0.25) is 0 Å². The second-order valence-electron chi connectivity index (χ2n) is 1.74. The molecule has 0 spiro atoms. The molecule has 0 saturated carbocycles. The van der Waals surface area contributed by atoms with E-state index in [9.17, 15) is 0 Å². The van der Waals surface area contributed by atoms with Crippen LogP contribution in [0, 0.1) is 0 Å². The molecule has 0 amide bonds. The molecule has 8 heavy (non-hydrogen) atoms. The van der Waals surface area contributed by atoms with Gasteiger partial charge in [-0.15, -0.1) is 0 Å². The van der Waals surface area contributed by atoms with Crippen LogP contribution < -0.4 is 17.0 Å². The largest absolute Gasteiger partial charge is 1.00 e. The van der Waals surface area contributed by atoms with Gasteiger partial charge in [-0.25, -0.2) is 9.13 Å². The zero-order chi connectivity index (χ0) is 5.28. The average Bonchev–Trinajstić information content (AvgIpc) is 1.87. The van der Waals surface area contributed by atoms with Gasteiger partial charge in [0.15, 0.2) is 0 Å². The zero-order valence-electron chi connectivity index (χ0n) is 5.00. The third-order valence-electron chi connectivity index (χ3n) is 0.901. The molecular formula is C5H9ClN2. The van der Waals surface area contributed by atoms with Gasteiger partial charge in [0.2, 0.25) is 6.33 Å². The molecule has 1 rings (SSSR count). The number of aromatic nitrogens is 2. The predicted octanol–water partition coefficient (Wildman–Crippen LogP) is -3.15. The van der Waals surface area contributed by atoms with Gasteiger partial charge in [0.05, 0.1) is 14.1 Å². The summed E-state index contributed by atoms with van der Waals surface area (Å²) in [4.78, 5) is 0. The normalized spacial score (nSPS) is 8.25. The summed E-state index contributed by atoms with van der Waals surface area (Å²) in [5.41, 5.74) is 0. The highest BCUT2D eigenvalue weighted by Gasteiger charge is 1.87. The monoisotopic (exact) mass is 132 g/mol. The first kappa shape index (κ1) is 7.50. The number of aryl methyl sites for hydroxylation is 2. The molecule has 0 unspecified atom stereocenters. The maximum Gasteiger partial charge on any atom is 0.243 e. The molecule has 0 saturated heterocycles. The minimum atomic E-state index is 0. The maximum absolute atomic E-state index is 2.00. The van der Waals surface area contributed by atoms with Crippen LogP contribution in [0.4, 0.5) is 0 Å². The summed E-state index contributed by atoms with van der Waals surface area (Å²) < 4.78 is 4.00. The van der Waals surface area contributed by atoms with Gasteiger partial charge in [0.1, 0.15) is 12.4 Å². The quantitative estimate of drug-likeness (QED) is 0.330. The number of imidazole rings is 1. The first-order chi connectivity index (χ1) is 3.29. The highest BCUT2D eigenvalue weighted by Crippen LogP contribution is 1.70. The fraction of sp³-hybridized carbons (Fsp3) is 0.400. The zero-order valence-corrected chi connectivity index (χ0v) is 5.76. The number of nitrogens with zero attached hydrogens (tertiary/aromatic N) is 2. The van der Waals surface area contributed by atoms with Crippen molar-refractivity contribution in [1.29, 1.82) is 0 Å². The standard InChI is InChI=1S/C5H9N2.ClH/c1-6-3-4-7(2)5-6;/h3-5H,1-2H3;1H/q+1;/p-1. The van der Waals surface area contributed by atoms with Crippen molar-refractivity contribution in [2.45, 2.75) is 0 Å². The Morgan fingerprint density at radius 3 is 2.25 bits per heavy atom. The predicted molar refractivity (Wildman–Crippen MR) is 26.6 cm³/mol. The minimum Gasteiger partial charge on any atom is -1.00 e. The fourth-order valence-electron chi connectivity index (χ4n) is 0.575. The summed E-state index contributed by atoms with van der Waals surface area (Å²) in [5.74, 6) is 0. The smallest absolute Gasteiger partial charge is 0.243 e. The molecule has 0 radical (unpaired) electrons. The Kier molecular flexibility index (Phi) is 2.55. The van der Waals surface area contributed by atoms with E-state index in [0.29, 0.717) is 0 Å². The lowest BCUT2D eigenvalue weighted by Gasteiger charge is -1.72. The Morgan fingerprint density at radius 2 is 2.12 bits per heavy atom. The molecule has 1 aromatic rings. The van der Waals surface area contributed by atoms with Crippen molar-refractivity contribution in [3.05, 3.63) is 18.7 Å². The van der Waals surface area contributed by atoms with Crippen molar-refractivity contribution in [1.82, 2.24) is 4.57 Å². The van der Waals surface area contributed by atoms with Crippen molar-refractivity contribution in [2.24, 2.45) is 14.1 Å². The van der Waals surface area contributed by atoms with E-state index in [4.69, 9.17) is 0 Å². The van der Waals surface area contributed by atoms with Crippen LogP contribution in [0.25, 0.3) is 0 Å². The molecule has 0 aliphatic heterocycles. The highest BCUT2D eigenvalue weighted by atomic mass is 35.5. The second kappa shape index (κ2) is 2.72. The van der Waals surface area contributed by atoms with Crippen LogP contribution in [0.2, 0.25) is 0 Å². The fourth-order valence-corrected chi connectivity index (χ4v) is 0.575. The van der Waals surface area contributed by atoms with Gasteiger partial charge in [-0.1, -0.05) is 0 Å². The van der Waals surface area contributed by atoms with Crippen molar-refractivity contribution in [3.8, 4) is 0 Å². The second-order valence-corrected chi connectivity index (χ2v) is 1.74. The van der Waals surface area contributed by atoms with E-state index in [1.54, 1.807) is 0 Å². The van der Waals surface area contributed by atoms with Crippen molar-refractivity contribution in [2.75, 3.05) is 0 Å². The van der Waals surface area contributed by atoms with Crippen molar-refractivity contribution in [3.63, 3.8) is 0 Å². The lowest BCUT2D eigenvalue weighted by atomic mass is 10.9. The van der Waals surface area contributed by atoms with Gasteiger partial charge in [0.25, 0.3) is 0 Å². The van der Waals surface area contributed by atoms with Crippen molar-refractivity contribution >= 4 is 0 Å². The van der Waals surface area contributed by atoms with Crippen LogP contribution in [-0.4, -0.2) is 4.57 Å². The Labute approximate surface area is 55.2 Å². The van der Waals surface area contributed by atoms with E-state index in [-0.39, 0.29) is 12.4 Å². The van der Waals surface area contributed by atoms with Crippen LogP contribution in [0.1, 0.15) is 0 Å². The van der Waals surface area contributed by atoms with Gasteiger partial charge in [-0.2, -0.15) is 0 Å². The topological polar surface area (TPSA) is 8.81 Å². The van der Waals surface area contributed by atoms with Gasteiger partial charge in [-0.05, 0) is 0 Å². The number of hydrogen-bond acceptors (Lipinski definition) is 0. The summed E-state index contributed by atoms with van der Waals surface area (Å²) in [7, 11) is 4.00. The first-order valence-electron chi connectivity index (χ1n) is 2.26. The molecule has 1 heterocycles. The summed E-state index contributed by atoms with van der Waals surface area (Å²) in [5, 5.41) is 0. The van der Waals surface area contributed by atoms with Crippen LogP contribution in [-0.2, 0) is 14.1 Å². The summed E-state index contributed by atoms with van der Waals surface area (Å²) in [6.07, 6.45) is 6.00. The minimum absolute atomic E-state index is 0. The Hall–Kier alpha value is -0.500. The summed E-state index contributed by atoms with van der Waals surface area (Å²) >= 11 is 0. The number of hydrogen-bond donors (Lipinski definition) is 0. The first-order valence-corrected chi connectivity index (χ1v) is 2.26. The third-order valence-corrected chi connectivity index (χ3v) is 0.901. The SMILES string of the molecule is Cn1cc[n+](C)c1.[Cl-]. The van der Waals surface area contributed by atoms with E-state index < -0.39 is 0 Å². The molecular weight excluding hydrogens is 124 g/mol. The molecule has 0 fully saturated rings. The maximum atomic E-state index is 2.00. The summed E-state index contributed by atoms with van der Waals surface area (Å²) in [6, 6.07) is 0. The van der Waals surface area contributed by atoms with Gasteiger partial charge >= 0.3 is 0 Å². The Bertz CT molecular complexity index is 143. The molecule has 0 N–H and O–H groups in total. The lowest BCUT2D eigenvalue weighted by molar-refractivity contribution is -0.670. The molecule has 0 bridgehead atoms. The van der Waals surface area contributed by atoms with Gasteiger partial charge in [0, 0.05) is 0 Å². The molecule has 3 heteroatoms. The summed E-state index contributed by atoms with van der Waals surface area (Å²) in [6.45, 7) is 0. The Balaban J connectivity index is 0.000000490. The molecule has 46 valence electrons. The molecule has 0 aliphatic carbocycles. The van der Waals surface area contributed by atoms with E-state index in [1.165, 1.54) is 0 Å². The molecule has 0 aliphatic rings. The van der Waals surface area contributed by atoms with Crippen molar-refractivity contribution < 1.29 is 17.0 Å². The lowest BCUT2D eigenvalue weighted by Crippen LogP contribution is -3.00. The van der Waals surface area contributed by atoms with Gasteiger partial charge < -0.3 is 12.4 Å². The highest BCUT2D eigenvalue weighted by molar-refractivity contribution is 4.60. The molecule has 2 nitrogen and oxygen atoms in total.